The molecule has 0 atom stereocenters. The van der Waals surface area contributed by atoms with Crippen molar-refractivity contribution in [2.45, 2.75) is 13.1 Å². The van der Waals surface area contributed by atoms with E-state index < -0.39 is 0 Å². The Bertz CT molecular complexity index is 1150. The van der Waals surface area contributed by atoms with Crippen molar-refractivity contribution in [3.63, 3.8) is 0 Å². The van der Waals surface area contributed by atoms with Crippen LogP contribution in [0.4, 0.5) is 0 Å². The molecule has 0 aliphatic heterocycles. The second-order valence-electron chi connectivity index (χ2n) is 6.39. The van der Waals surface area contributed by atoms with Crippen LogP contribution in [0.1, 0.15) is 21.7 Å². The summed E-state index contributed by atoms with van der Waals surface area (Å²) < 4.78 is 2.08. The Balaban J connectivity index is 1.63. The minimum Gasteiger partial charge on any atom is -0.345 e. The number of hydrogen-bond acceptors (Lipinski definition) is 2. The van der Waals surface area contributed by atoms with Gasteiger partial charge < -0.3 is 9.88 Å². The maximum Gasteiger partial charge on any atom is 0.251 e. The van der Waals surface area contributed by atoms with Crippen LogP contribution in [0.15, 0.2) is 72.8 Å². The third kappa shape index (κ3) is 3.88. The first kappa shape index (κ1) is 18.5. The molecule has 28 heavy (non-hydrogen) atoms. The fourth-order valence-electron chi connectivity index (χ4n) is 3.12. The van der Waals surface area contributed by atoms with Gasteiger partial charge in [0.2, 0.25) is 0 Å². The lowest BCUT2D eigenvalue weighted by molar-refractivity contribution is 0.0949. The first-order valence-corrected chi connectivity index (χ1v) is 9.59. The molecule has 1 amide bonds. The summed E-state index contributed by atoms with van der Waals surface area (Å²) in [5, 5.41) is 4.16. The number of nitrogens with one attached hydrogen (secondary N) is 1. The molecule has 0 bridgehead atoms. The molecular formula is C22H17Cl2N3O. The number of carbonyl (C=O) groups is 1. The molecule has 4 aromatic rings. The Morgan fingerprint density at radius 1 is 0.964 bits per heavy atom. The Morgan fingerprint density at radius 3 is 2.57 bits per heavy atom. The van der Waals surface area contributed by atoms with Gasteiger partial charge in [-0.05, 0) is 42.0 Å². The van der Waals surface area contributed by atoms with Gasteiger partial charge >= 0.3 is 0 Å². The number of amides is 1. The van der Waals surface area contributed by atoms with Gasteiger partial charge in [-0.1, -0.05) is 59.6 Å². The molecule has 0 radical (unpaired) electrons. The average Bonchev–Trinajstić information content (AvgIpc) is 3.05. The summed E-state index contributed by atoms with van der Waals surface area (Å²) >= 11 is 12.3. The van der Waals surface area contributed by atoms with Gasteiger partial charge in [0.1, 0.15) is 5.82 Å². The number of para-hydroxylation sites is 2. The van der Waals surface area contributed by atoms with Gasteiger partial charge in [0.15, 0.2) is 0 Å². The van der Waals surface area contributed by atoms with Crippen LogP contribution in [0.5, 0.6) is 0 Å². The molecule has 1 heterocycles. The van der Waals surface area contributed by atoms with Crippen molar-refractivity contribution >= 4 is 40.1 Å². The lowest BCUT2D eigenvalue weighted by Gasteiger charge is -2.11. The molecule has 4 rings (SSSR count). The predicted octanol–water partition coefficient (Wildman–Crippen LogP) is 5.32. The highest BCUT2D eigenvalue weighted by molar-refractivity contribution is 6.31. The molecule has 0 spiro atoms. The number of aromatic nitrogens is 2. The van der Waals surface area contributed by atoms with Gasteiger partial charge in [-0.15, -0.1) is 0 Å². The summed E-state index contributed by atoms with van der Waals surface area (Å²) in [5.74, 6) is 0.565. The highest BCUT2D eigenvalue weighted by atomic mass is 35.5. The van der Waals surface area contributed by atoms with Gasteiger partial charge in [-0.3, -0.25) is 4.79 Å². The molecule has 0 aliphatic rings. The van der Waals surface area contributed by atoms with Crippen LogP contribution in [0.3, 0.4) is 0 Å². The van der Waals surface area contributed by atoms with Crippen LogP contribution in [0, 0.1) is 0 Å². The fourth-order valence-corrected chi connectivity index (χ4v) is 3.51. The van der Waals surface area contributed by atoms with Crippen molar-refractivity contribution in [1.82, 2.24) is 14.9 Å². The summed E-state index contributed by atoms with van der Waals surface area (Å²) in [6, 6.07) is 22.5. The number of halogens is 2. The van der Waals surface area contributed by atoms with Crippen molar-refractivity contribution in [1.29, 1.82) is 0 Å². The Hall–Kier alpha value is -2.82. The lowest BCUT2D eigenvalue weighted by Crippen LogP contribution is -2.25. The van der Waals surface area contributed by atoms with Crippen LogP contribution in [0.25, 0.3) is 11.0 Å². The first-order chi connectivity index (χ1) is 13.6. The largest absolute Gasteiger partial charge is 0.345 e. The predicted molar refractivity (Wildman–Crippen MR) is 113 cm³/mol. The molecule has 4 nitrogen and oxygen atoms in total. The highest BCUT2D eigenvalue weighted by Gasteiger charge is 2.14. The van der Waals surface area contributed by atoms with Crippen molar-refractivity contribution in [3.8, 4) is 0 Å². The fraction of sp³-hybridized carbons (Fsp3) is 0.0909. The molecule has 1 N–H and O–H groups in total. The SMILES string of the molecule is O=C(NCc1nc2ccccc2n1Cc1ccccc1Cl)c1cccc(Cl)c1. The monoisotopic (exact) mass is 409 g/mol. The van der Waals surface area contributed by atoms with Crippen LogP contribution in [-0.4, -0.2) is 15.5 Å². The van der Waals surface area contributed by atoms with E-state index in [0.717, 1.165) is 22.4 Å². The van der Waals surface area contributed by atoms with E-state index in [0.29, 0.717) is 28.7 Å². The van der Waals surface area contributed by atoms with E-state index in [2.05, 4.69) is 9.88 Å². The van der Waals surface area contributed by atoms with Crippen LogP contribution >= 0.6 is 23.2 Å². The van der Waals surface area contributed by atoms with E-state index in [9.17, 15) is 4.79 Å². The zero-order valence-electron chi connectivity index (χ0n) is 14.9. The van der Waals surface area contributed by atoms with E-state index in [-0.39, 0.29) is 5.91 Å². The van der Waals surface area contributed by atoms with E-state index in [1.165, 1.54) is 0 Å². The maximum absolute atomic E-state index is 12.5. The summed E-state index contributed by atoms with van der Waals surface area (Å²) in [6.45, 7) is 0.868. The molecule has 0 fully saturated rings. The molecule has 3 aromatic carbocycles. The van der Waals surface area contributed by atoms with Crippen molar-refractivity contribution < 1.29 is 4.79 Å². The zero-order valence-corrected chi connectivity index (χ0v) is 16.4. The van der Waals surface area contributed by atoms with Gasteiger partial charge in [0.05, 0.1) is 24.1 Å². The number of fused-ring (bicyclic) bond motifs is 1. The lowest BCUT2D eigenvalue weighted by atomic mass is 10.2. The molecule has 0 saturated carbocycles. The highest BCUT2D eigenvalue weighted by Crippen LogP contribution is 2.22. The number of rotatable bonds is 5. The van der Waals surface area contributed by atoms with Crippen LogP contribution in [0.2, 0.25) is 10.0 Å². The van der Waals surface area contributed by atoms with Gasteiger partial charge in [0, 0.05) is 15.6 Å². The zero-order chi connectivity index (χ0) is 19.5. The van der Waals surface area contributed by atoms with Crippen molar-refractivity contribution in [2.24, 2.45) is 0 Å². The summed E-state index contributed by atoms with van der Waals surface area (Å²) in [6.07, 6.45) is 0. The first-order valence-electron chi connectivity index (χ1n) is 8.83. The van der Waals surface area contributed by atoms with Crippen LogP contribution in [-0.2, 0) is 13.1 Å². The summed E-state index contributed by atoms with van der Waals surface area (Å²) in [7, 11) is 0. The summed E-state index contributed by atoms with van der Waals surface area (Å²) in [5.41, 5.74) is 3.38. The number of hydrogen-bond donors (Lipinski definition) is 1. The smallest absolute Gasteiger partial charge is 0.251 e. The molecule has 0 aliphatic carbocycles. The Labute approximate surface area is 172 Å². The van der Waals surface area contributed by atoms with Crippen molar-refractivity contribution in [2.75, 3.05) is 0 Å². The third-order valence-electron chi connectivity index (χ3n) is 4.51. The van der Waals surface area contributed by atoms with Gasteiger partial charge in [0.25, 0.3) is 5.91 Å². The molecule has 140 valence electrons. The second-order valence-corrected chi connectivity index (χ2v) is 7.23. The molecule has 6 heteroatoms. The average molecular weight is 410 g/mol. The normalized spacial score (nSPS) is 10.9. The summed E-state index contributed by atoms with van der Waals surface area (Å²) in [4.78, 5) is 17.2. The van der Waals surface area contributed by atoms with E-state index in [4.69, 9.17) is 28.2 Å². The number of benzene rings is 3. The van der Waals surface area contributed by atoms with Gasteiger partial charge in [-0.25, -0.2) is 4.98 Å². The maximum atomic E-state index is 12.5. The van der Waals surface area contributed by atoms with Crippen molar-refractivity contribution in [3.05, 3.63) is 99.8 Å². The Morgan fingerprint density at radius 2 is 1.75 bits per heavy atom. The topological polar surface area (TPSA) is 46.9 Å². The number of nitrogens with zero attached hydrogens (tertiary/aromatic N) is 2. The van der Waals surface area contributed by atoms with Crippen LogP contribution < -0.4 is 5.32 Å². The third-order valence-corrected chi connectivity index (χ3v) is 5.12. The minimum absolute atomic E-state index is 0.196. The van der Waals surface area contributed by atoms with E-state index >= 15 is 0 Å². The molecule has 0 unspecified atom stereocenters. The molecule has 1 aromatic heterocycles. The molecule has 0 saturated heterocycles. The second kappa shape index (κ2) is 8.05. The Kier molecular flexibility index (Phi) is 5.33. The minimum atomic E-state index is -0.196. The molecular weight excluding hydrogens is 393 g/mol. The number of imidazole rings is 1. The van der Waals surface area contributed by atoms with Gasteiger partial charge in [-0.2, -0.15) is 0 Å². The quantitative estimate of drug-likeness (QED) is 0.484. The standard InChI is InChI=1S/C22H17Cl2N3O/c23-17-8-5-7-15(12-17)22(28)25-13-21-26-19-10-3-4-11-20(19)27(21)14-16-6-1-2-9-18(16)24/h1-12H,13-14H2,(H,25,28). The van der Waals surface area contributed by atoms with E-state index in [1.807, 2.05) is 48.5 Å². The number of carbonyl (C=O) groups excluding carboxylic acids is 1. The van der Waals surface area contributed by atoms with E-state index in [1.54, 1.807) is 24.3 Å².